The fourth-order valence-electron chi connectivity index (χ4n) is 8.06. The number of carbonyl (C=O) groups is 2. The molecule has 0 spiro atoms. The minimum atomic E-state index is -4.67. The first-order chi connectivity index (χ1) is 18.1. The maximum Gasteiger partial charge on any atom is 0.468 e. The zero-order valence-electron chi connectivity index (χ0n) is 21.4. The molecule has 6 rings (SSSR count). The fourth-order valence-corrected chi connectivity index (χ4v) is 8.06. The Labute approximate surface area is 218 Å². The van der Waals surface area contributed by atoms with Crippen LogP contribution in [0.3, 0.4) is 0 Å². The summed E-state index contributed by atoms with van der Waals surface area (Å²) in [6, 6.07) is 5.13. The zero-order valence-corrected chi connectivity index (χ0v) is 21.4. The number of carbonyl (C=O) groups excluding carboxylic acids is 2. The predicted molar refractivity (Wildman–Crippen MR) is 135 cm³/mol. The Balaban J connectivity index is 1.54. The quantitative estimate of drug-likeness (QED) is 0.382. The minimum Gasteiger partial charge on any atom is -0.433 e. The van der Waals surface area contributed by atoms with Crippen LogP contribution in [0, 0.1) is 29.1 Å². The van der Waals surface area contributed by atoms with Crippen LogP contribution in [-0.4, -0.2) is 22.7 Å². The Morgan fingerprint density at radius 1 is 1.21 bits per heavy atom. The summed E-state index contributed by atoms with van der Waals surface area (Å²) < 4.78 is 44.9. The molecule has 2 fully saturated rings. The van der Waals surface area contributed by atoms with Gasteiger partial charge in [0.15, 0.2) is 11.4 Å². The number of ketones is 1. The minimum absolute atomic E-state index is 0.0948. The lowest BCUT2D eigenvalue weighted by atomic mass is 9.50. The largest absolute Gasteiger partial charge is 0.468 e. The van der Waals surface area contributed by atoms with E-state index >= 15 is 0 Å². The lowest BCUT2D eigenvalue weighted by Crippen LogP contribution is -2.58. The summed E-state index contributed by atoms with van der Waals surface area (Å²) in [5.41, 5.74) is 3.77. The summed E-state index contributed by atoms with van der Waals surface area (Å²) in [6.45, 7) is 4.00. The highest BCUT2D eigenvalue weighted by Crippen LogP contribution is 2.66. The average molecular weight is 523 g/mol. The van der Waals surface area contributed by atoms with Crippen molar-refractivity contribution in [1.29, 1.82) is 0 Å². The van der Waals surface area contributed by atoms with Gasteiger partial charge in [-0.25, -0.2) is 4.98 Å². The number of nitrogens with zero attached hydrogens (tertiary/aromatic N) is 1. The number of halogens is 3. The summed E-state index contributed by atoms with van der Waals surface area (Å²) in [7, 11) is 0. The van der Waals surface area contributed by atoms with E-state index < -0.39 is 17.6 Å². The normalized spacial score (nSPS) is 32.6. The van der Waals surface area contributed by atoms with Crippen LogP contribution < -0.4 is 5.32 Å². The second-order valence-electron chi connectivity index (χ2n) is 11.3. The summed E-state index contributed by atoms with van der Waals surface area (Å²) in [5, 5.41) is 3.10. The van der Waals surface area contributed by atoms with Gasteiger partial charge in [-0.15, -0.1) is 5.92 Å². The van der Waals surface area contributed by atoms with Gasteiger partial charge in [-0.2, -0.15) is 13.2 Å². The highest BCUT2D eigenvalue weighted by Gasteiger charge is 2.63. The van der Waals surface area contributed by atoms with E-state index in [9.17, 15) is 22.8 Å². The molecule has 4 aliphatic carbocycles. The van der Waals surface area contributed by atoms with Crippen molar-refractivity contribution < 1.29 is 27.2 Å². The maximum atomic E-state index is 13.3. The Morgan fingerprint density at radius 3 is 2.76 bits per heavy atom. The molecule has 1 heterocycles. The van der Waals surface area contributed by atoms with Gasteiger partial charge in [0.25, 0.3) is 0 Å². The van der Waals surface area contributed by atoms with Crippen LogP contribution in [0.2, 0.25) is 0 Å². The topological polar surface area (TPSA) is 72.2 Å². The molecule has 1 amide bonds. The molecule has 1 aromatic heterocycles. The van der Waals surface area contributed by atoms with Gasteiger partial charge in [-0.1, -0.05) is 24.5 Å². The summed E-state index contributed by atoms with van der Waals surface area (Å²) in [6.07, 6.45) is 3.11. The van der Waals surface area contributed by atoms with Crippen molar-refractivity contribution in [2.24, 2.45) is 17.3 Å². The molecule has 0 unspecified atom stereocenters. The van der Waals surface area contributed by atoms with Crippen molar-refractivity contribution in [3.05, 3.63) is 52.4 Å². The molecule has 2 saturated carbocycles. The number of aromatic nitrogens is 1. The highest BCUT2D eigenvalue weighted by molar-refractivity contribution is 5.93. The number of alkyl halides is 3. The first kappa shape index (κ1) is 25.0. The molecule has 0 bridgehead atoms. The van der Waals surface area contributed by atoms with Crippen molar-refractivity contribution in [3.8, 4) is 11.8 Å². The molecule has 0 radical (unpaired) electrons. The number of amides is 1. The van der Waals surface area contributed by atoms with E-state index in [1.54, 1.807) is 25.1 Å². The van der Waals surface area contributed by atoms with E-state index in [1.165, 1.54) is 11.1 Å². The third kappa shape index (κ3) is 3.58. The molecule has 1 aromatic carbocycles. The van der Waals surface area contributed by atoms with Gasteiger partial charge in [0.05, 0.1) is 0 Å². The monoisotopic (exact) mass is 522 g/mol. The van der Waals surface area contributed by atoms with Crippen LogP contribution in [0.15, 0.2) is 45.4 Å². The number of benzene rings is 1. The molecular formula is C30H29F3N2O3. The number of nitrogens with one attached hydrogen (secondary N) is 1. The second-order valence-corrected chi connectivity index (χ2v) is 11.3. The summed E-state index contributed by atoms with van der Waals surface area (Å²) >= 11 is 0. The molecule has 5 atom stereocenters. The number of rotatable bonds is 3. The van der Waals surface area contributed by atoms with Crippen molar-refractivity contribution >= 4 is 23.3 Å². The van der Waals surface area contributed by atoms with Crippen LogP contribution in [0.5, 0.6) is 0 Å². The van der Waals surface area contributed by atoms with E-state index in [2.05, 4.69) is 29.1 Å². The molecule has 4 aliphatic rings. The van der Waals surface area contributed by atoms with Crippen molar-refractivity contribution in [3.63, 3.8) is 0 Å². The molecule has 198 valence electrons. The molecular weight excluding hydrogens is 493 g/mol. The highest BCUT2D eigenvalue weighted by atomic mass is 19.4. The van der Waals surface area contributed by atoms with Crippen molar-refractivity contribution in [2.75, 3.05) is 0 Å². The summed E-state index contributed by atoms with van der Waals surface area (Å²) in [5.74, 6) is 5.74. The first-order valence-electron chi connectivity index (χ1n) is 13.2. The fraction of sp³-hybridized carbons (Fsp3) is 0.500. The van der Waals surface area contributed by atoms with Crippen LogP contribution in [0.25, 0.3) is 11.1 Å². The molecule has 5 nitrogen and oxygen atoms in total. The van der Waals surface area contributed by atoms with E-state index in [4.69, 9.17) is 4.42 Å². The van der Waals surface area contributed by atoms with Gasteiger partial charge in [0.1, 0.15) is 11.1 Å². The van der Waals surface area contributed by atoms with Gasteiger partial charge in [-0.05, 0) is 92.2 Å². The number of hydrogen-bond acceptors (Lipinski definition) is 4. The molecule has 38 heavy (non-hydrogen) atoms. The van der Waals surface area contributed by atoms with Crippen LogP contribution in [0.4, 0.5) is 13.2 Å². The van der Waals surface area contributed by atoms with Gasteiger partial charge in [0.2, 0.25) is 6.41 Å². The van der Waals surface area contributed by atoms with Gasteiger partial charge in [0, 0.05) is 17.8 Å². The third-order valence-electron chi connectivity index (χ3n) is 9.63. The molecule has 0 aliphatic heterocycles. The standard InChI is InChI=1S/C30H29F3N2O3/c1-3-11-29(34-16-36)12-10-23-21-7-4-17-13-19(37)6-8-20(17)26(21)22(15-28(23,29)2)18-5-9-25-24(14-18)35-27(38-25)30(31,32)33/h5,9,13-14,16,21-23H,4,6-8,10,12,15H2,1-2H3,(H,34,36)/t21-,22+,23-,28-,29-/m0/s1. The number of fused-ring (bicyclic) bond motifs is 5. The zero-order chi connectivity index (χ0) is 26.9. The van der Waals surface area contributed by atoms with Crippen LogP contribution in [0.1, 0.15) is 76.2 Å². The third-order valence-corrected chi connectivity index (χ3v) is 9.63. The predicted octanol–water partition coefficient (Wildman–Crippen LogP) is 6.25. The van der Waals surface area contributed by atoms with Crippen LogP contribution in [-0.2, 0) is 15.8 Å². The molecule has 1 N–H and O–H groups in total. The number of hydrogen-bond donors (Lipinski definition) is 1. The SMILES string of the molecule is CC#C[C@]1(NC=O)CC[C@H]2[C@@H]3CCC4=CC(=O)CCC4=C3[C@@H](c3ccc4oc(C(F)(F)F)nc4c3)C[C@@]21C. The second kappa shape index (κ2) is 8.59. The molecule has 2 aromatic rings. The Morgan fingerprint density at radius 2 is 2.03 bits per heavy atom. The Bertz CT molecular complexity index is 1470. The van der Waals surface area contributed by atoms with Crippen LogP contribution >= 0.6 is 0 Å². The number of allylic oxidation sites excluding steroid dienone is 4. The van der Waals surface area contributed by atoms with Gasteiger partial charge >= 0.3 is 12.1 Å². The lowest BCUT2D eigenvalue weighted by Gasteiger charge is -2.55. The Kier molecular flexibility index (Phi) is 5.64. The Hall–Kier alpha value is -3.34. The average Bonchev–Trinajstić information content (AvgIpc) is 3.43. The first-order valence-corrected chi connectivity index (χ1v) is 13.2. The van der Waals surface area contributed by atoms with E-state index in [1.807, 2.05) is 6.07 Å². The summed E-state index contributed by atoms with van der Waals surface area (Å²) in [4.78, 5) is 27.8. The van der Waals surface area contributed by atoms with E-state index in [0.29, 0.717) is 25.2 Å². The van der Waals surface area contributed by atoms with Gasteiger partial charge in [-0.3, -0.25) is 9.59 Å². The van der Waals surface area contributed by atoms with Crippen molar-refractivity contribution in [1.82, 2.24) is 10.3 Å². The molecule has 8 heteroatoms. The van der Waals surface area contributed by atoms with Gasteiger partial charge < -0.3 is 9.73 Å². The van der Waals surface area contributed by atoms with E-state index in [0.717, 1.165) is 43.2 Å². The lowest BCUT2D eigenvalue weighted by molar-refractivity contribution is -0.156. The maximum absolute atomic E-state index is 13.3. The number of oxazole rings is 1. The smallest absolute Gasteiger partial charge is 0.433 e. The van der Waals surface area contributed by atoms with Crippen molar-refractivity contribution in [2.45, 2.75) is 76.4 Å². The molecule has 0 saturated heterocycles. The van der Waals surface area contributed by atoms with E-state index in [-0.39, 0.29) is 34.1 Å².